The second-order valence-electron chi connectivity index (χ2n) is 6.22. The van der Waals surface area contributed by atoms with Gasteiger partial charge in [-0.05, 0) is 25.2 Å². The molecule has 0 aromatic carbocycles. The van der Waals surface area contributed by atoms with Crippen LogP contribution < -0.4 is 10.6 Å². The summed E-state index contributed by atoms with van der Waals surface area (Å²) in [6.45, 7) is 4.69. The first kappa shape index (κ1) is 17.8. The van der Waals surface area contributed by atoms with Crippen LogP contribution in [0.3, 0.4) is 0 Å². The summed E-state index contributed by atoms with van der Waals surface area (Å²) in [6, 6.07) is -0.346. The van der Waals surface area contributed by atoms with Gasteiger partial charge in [0, 0.05) is 6.54 Å². The quantitative estimate of drug-likeness (QED) is 0.602. The number of unbranched alkanes of at least 4 members (excludes halogenated alkanes) is 4. The Kier molecular flexibility index (Phi) is 7.54. The van der Waals surface area contributed by atoms with Crippen LogP contribution in [-0.2, 0) is 4.79 Å². The van der Waals surface area contributed by atoms with Crippen molar-refractivity contribution in [3.05, 3.63) is 0 Å². The second kappa shape index (κ2) is 8.90. The minimum Gasteiger partial charge on any atom is -0.479 e. The smallest absolute Gasteiger partial charge is 0.329 e. The third kappa shape index (κ3) is 5.21. The highest BCUT2D eigenvalue weighted by atomic mass is 16.4. The zero-order valence-corrected chi connectivity index (χ0v) is 13.4. The van der Waals surface area contributed by atoms with E-state index in [1.54, 1.807) is 0 Å². The average molecular weight is 298 g/mol. The molecule has 0 bridgehead atoms. The number of urea groups is 1. The highest BCUT2D eigenvalue weighted by Crippen LogP contribution is 2.33. The molecule has 2 atom stereocenters. The van der Waals surface area contributed by atoms with Gasteiger partial charge in [-0.3, -0.25) is 0 Å². The van der Waals surface area contributed by atoms with Gasteiger partial charge in [0.05, 0.1) is 0 Å². The number of nitrogens with one attached hydrogen (secondary N) is 2. The van der Waals surface area contributed by atoms with Crippen LogP contribution in [-0.4, -0.2) is 29.2 Å². The molecule has 5 heteroatoms. The van der Waals surface area contributed by atoms with Crippen LogP contribution in [0.5, 0.6) is 0 Å². The number of carbonyl (C=O) groups excluding carboxylic acids is 1. The van der Waals surface area contributed by atoms with E-state index in [-0.39, 0.29) is 11.9 Å². The van der Waals surface area contributed by atoms with E-state index in [1.807, 2.05) is 6.92 Å². The fourth-order valence-electron chi connectivity index (χ4n) is 3.08. The van der Waals surface area contributed by atoms with E-state index in [4.69, 9.17) is 0 Å². The van der Waals surface area contributed by atoms with Gasteiger partial charge in [0.15, 0.2) is 0 Å². The van der Waals surface area contributed by atoms with Gasteiger partial charge >= 0.3 is 12.0 Å². The number of carboxylic acids is 1. The molecule has 0 heterocycles. The first-order chi connectivity index (χ1) is 10.0. The van der Waals surface area contributed by atoms with Gasteiger partial charge in [-0.25, -0.2) is 9.59 Å². The third-order valence-electron chi connectivity index (χ3n) is 4.58. The van der Waals surface area contributed by atoms with E-state index < -0.39 is 11.5 Å². The summed E-state index contributed by atoms with van der Waals surface area (Å²) >= 11 is 0. The molecule has 0 aliphatic heterocycles. The molecule has 0 radical (unpaired) electrons. The van der Waals surface area contributed by atoms with Gasteiger partial charge in [0.2, 0.25) is 0 Å². The van der Waals surface area contributed by atoms with E-state index in [0.29, 0.717) is 13.0 Å². The van der Waals surface area contributed by atoms with Crippen molar-refractivity contribution in [2.24, 2.45) is 5.92 Å². The minimum atomic E-state index is -1.09. The molecular formula is C16H30N2O3. The van der Waals surface area contributed by atoms with E-state index in [2.05, 4.69) is 17.6 Å². The Labute approximate surface area is 127 Å². The molecule has 5 nitrogen and oxygen atoms in total. The van der Waals surface area contributed by atoms with Gasteiger partial charge in [-0.2, -0.15) is 0 Å². The van der Waals surface area contributed by atoms with Crippen molar-refractivity contribution in [2.45, 2.75) is 77.2 Å². The molecule has 2 amide bonds. The molecule has 0 aromatic rings. The molecule has 2 unspecified atom stereocenters. The first-order valence-electron chi connectivity index (χ1n) is 8.32. The van der Waals surface area contributed by atoms with E-state index in [1.165, 1.54) is 19.3 Å². The summed E-state index contributed by atoms with van der Waals surface area (Å²) in [5, 5.41) is 15.1. The van der Waals surface area contributed by atoms with Gasteiger partial charge < -0.3 is 15.7 Å². The van der Waals surface area contributed by atoms with Crippen molar-refractivity contribution < 1.29 is 14.7 Å². The van der Waals surface area contributed by atoms with Gasteiger partial charge in [-0.1, -0.05) is 52.4 Å². The zero-order chi connectivity index (χ0) is 15.7. The number of rotatable bonds is 8. The summed E-state index contributed by atoms with van der Waals surface area (Å²) in [4.78, 5) is 23.6. The fraction of sp³-hybridized carbons (Fsp3) is 0.875. The number of aliphatic carboxylic acids is 1. The lowest BCUT2D eigenvalue weighted by Gasteiger charge is -2.39. The molecule has 0 saturated heterocycles. The Morgan fingerprint density at radius 2 is 1.90 bits per heavy atom. The highest BCUT2D eigenvalue weighted by molar-refractivity contribution is 5.86. The normalized spacial score (nSPS) is 25.3. The van der Waals surface area contributed by atoms with Crippen molar-refractivity contribution in [2.75, 3.05) is 6.54 Å². The number of carboxylic acid groups (broad SMARTS) is 1. The van der Waals surface area contributed by atoms with E-state index >= 15 is 0 Å². The standard InChI is InChI=1S/C16H30N2O3/c1-3-4-5-6-9-12-17-15(21)18-16(14(19)20)11-8-7-10-13(16)2/h13H,3-12H2,1-2H3,(H,19,20)(H2,17,18,21). The van der Waals surface area contributed by atoms with E-state index in [9.17, 15) is 14.7 Å². The summed E-state index contributed by atoms with van der Waals surface area (Å²) in [6.07, 6.45) is 8.94. The van der Waals surface area contributed by atoms with Crippen LogP contribution in [0.15, 0.2) is 0 Å². The number of hydrogen-bond acceptors (Lipinski definition) is 2. The lowest BCUT2D eigenvalue weighted by Crippen LogP contribution is -2.61. The molecule has 1 saturated carbocycles. The summed E-state index contributed by atoms with van der Waals surface area (Å²) in [5.41, 5.74) is -1.09. The summed E-state index contributed by atoms with van der Waals surface area (Å²) < 4.78 is 0. The maximum Gasteiger partial charge on any atom is 0.329 e. The molecule has 122 valence electrons. The summed E-state index contributed by atoms with van der Waals surface area (Å²) in [7, 11) is 0. The van der Waals surface area contributed by atoms with Crippen LogP contribution >= 0.6 is 0 Å². The average Bonchev–Trinajstić information content (AvgIpc) is 2.45. The Bertz CT molecular complexity index is 346. The first-order valence-corrected chi connectivity index (χ1v) is 8.32. The van der Waals surface area contributed by atoms with Crippen molar-refractivity contribution in [3.8, 4) is 0 Å². The Morgan fingerprint density at radius 3 is 2.52 bits per heavy atom. The third-order valence-corrected chi connectivity index (χ3v) is 4.58. The van der Waals surface area contributed by atoms with Crippen molar-refractivity contribution >= 4 is 12.0 Å². The van der Waals surface area contributed by atoms with Crippen LogP contribution in [0.2, 0.25) is 0 Å². The minimum absolute atomic E-state index is 0.0287. The monoisotopic (exact) mass is 298 g/mol. The largest absolute Gasteiger partial charge is 0.479 e. The van der Waals surface area contributed by atoms with Crippen LogP contribution in [0.1, 0.15) is 71.6 Å². The lowest BCUT2D eigenvalue weighted by atomic mass is 9.73. The molecule has 1 aliphatic rings. The number of carbonyl (C=O) groups is 2. The predicted octanol–water partition coefficient (Wildman–Crippen LogP) is 3.29. The molecule has 21 heavy (non-hydrogen) atoms. The Balaban J connectivity index is 2.38. The topological polar surface area (TPSA) is 78.4 Å². The van der Waals surface area contributed by atoms with Crippen molar-refractivity contribution in [1.82, 2.24) is 10.6 Å². The fourth-order valence-corrected chi connectivity index (χ4v) is 3.08. The number of amides is 2. The van der Waals surface area contributed by atoms with Crippen molar-refractivity contribution in [1.29, 1.82) is 0 Å². The zero-order valence-electron chi connectivity index (χ0n) is 13.4. The molecule has 1 fully saturated rings. The molecular weight excluding hydrogens is 268 g/mol. The summed E-state index contributed by atoms with van der Waals surface area (Å²) in [5.74, 6) is -0.938. The highest BCUT2D eigenvalue weighted by Gasteiger charge is 2.46. The Hall–Kier alpha value is -1.26. The molecule has 3 N–H and O–H groups in total. The van der Waals surface area contributed by atoms with Gasteiger partial charge in [0.25, 0.3) is 0 Å². The molecule has 0 spiro atoms. The van der Waals surface area contributed by atoms with Crippen LogP contribution in [0.25, 0.3) is 0 Å². The van der Waals surface area contributed by atoms with Gasteiger partial charge in [0.1, 0.15) is 5.54 Å². The second-order valence-corrected chi connectivity index (χ2v) is 6.22. The maximum atomic E-state index is 12.0. The van der Waals surface area contributed by atoms with E-state index in [0.717, 1.165) is 32.1 Å². The molecule has 1 aliphatic carbocycles. The Morgan fingerprint density at radius 1 is 1.19 bits per heavy atom. The molecule has 1 rings (SSSR count). The lowest BCUT2D eigenvalue weighted by molar-refractivity contribution is -0.148. The predicted molar refractivity (Wildman–Crippen MR) is 83.3 cm³/mol. The van der Waals surface area contributed by atoms with Crippen molar-refractivity contribution in [3.63, 3.8) is 0 Å². The van der Waals surface area contributed by atoms with Gasteiger partial charge in [-0.15, -0.1) is 0 Å². The number of hydrogen-bond donors (Lipinski definition) is 3. The maximum absolute atomic E-state index is 12.0. The van der Waals surface area contributed by atoms with Crippen LogP contribution in [0.4, 0.5) is 4.79 Å². The molecule has 0 aromatic heterocycles. The SMILES string of the molecule is CCCCCCCNC(=O)NC1(C(=O)O)CCCCC1C. The van der Waals surface area contributed by atoms with Crippen LogP contribution in [0, 0.1) is 5.92 Å².